The van der Waals surface area contributed by atoms with Crippen LogP contribution >= 0.6 is 27.5 Å². The Balaban J connectivity index is 1.87. The molecule has 0 fully saturated rings. The molecular formula is C15H11BrClFO3. The van der Waals surface area contributed by atoms with Crippen molar-refractivity contribution >= 4 is 27.5 Å². The third kappa shape index (κ3) is 3.00. The highest BCUT2D eigenvalue weighted by molar-refractivity contribution is 9.10. The van der Waals surface area contributed by atoms with Gasteiger partial charge in [0.25, 0.3) is 0 Å². The average molecular weight is 374 g/mol. The van der Waals surface area contributed by atoms with E-state index in [1.165, 1.54) is 18.2 Å². The first-order valence-corrected chi connectivity index (χ1v) is 7.42. The van der Waals surface area contributed by atoms with Gasteiger partial charge in [-0.15, -0.1) is 0 Å². The molecule has 0 aromatic heterocycles. The molecule has 0 spiro atoms. The van der Waals surface area contributed by atoms with E-state index in [4.69, 9.17) is 21.1 Å². The first-order valence-electron chi connectivity index (χ1n) is 6.25. The second kappa shape index (κ2) is 5.83. The number of aliphatic hydroxyl groups excluding tert-OH is 1. The summed E-state index contributed by atoms with van der Waals surface area (Å²) in [7, 11) is 0. The molecule has 0 amide bonds. The number of hydrogen-bond acceptors (Lipinski definition) is 3. The van der Waals surface area contributed by atoms with Crippen molar-refractivity contribution in [2.24, 2.45) is 0 Å². The topological polar surface area (TPSA) is 38.7 Å². The summed E-state index contributed by atoms with van der Waals surface area (Å²) in [4.78, 5) is 0. The zero-order valence-corrected chi connectivity index (χ0v) is 13.1. The van der Waals surface area contributed by atoms with Gasteiger partial charge in [-0.3, -0.25) is 0 Å². The molecule has 1 aliphatic heterocycles. The van der Waals surface area contributed by atoms with E-state index < -0.39 is 6.10 Å². The fraction of sp³-hybridized carbons (Fsp3) is 0.200. The fourth-order valence-electron chi connectivity index (χ4n) is 2.21. The highest BCUT2D eigenvalue weighted by Crippen LogP contribution is 2.41. The number of benzene rings is 2. The first-order chi connectivity index (χ1) is 10.0. The SMILES string of the molecule is OC(Cc1cc(F)ccc1Cl)c1cc(Br)c2c(c1)OCO2. The van der Waals surface area contributed by atoms with Crippen LogP contribution in [0, 0.1) is 5.82 Å². The number of halogens is 3. The fourth-order valence-corrected chi connectivity index (χ4v) is 2.97. The molecule has 1 atom stereocenters. The summed E-state index contributed by atoms with van der Waals surface area (Å²) in [5.41, 5.74) is 1.20. The Morgan fingerprint density at radius 3 is 2.90 bits per heavy atom. The predicted octanol–water partition coefficient (Wildman–Crippen LogP) is 4.25. The van der Waals surface area contributed by atoms with Gasteiger partial charge < -0.3 is 14.6 Å². The first kappa shape index (κ1) is 14.6. The second-order valence-electron chi connectivity index (χ2n) is 4.69. The lowest BCUT2D eigenvalue weighted by atomic mass is 10.0. The molecule has 0 saturated heterocycles. The van der Waals surface area contributed by atoms with Crippen molar-refractivity contribution in [3.63, 3.8) is 0 Å². The molecule has 1 heterocycles. The van der Waals surface area contributed by atoms with Crippen LogP contribution in [0.2, 0.25) is 5.02 Å². The van der Waals surface area contributed by atoms with E-state index >= 15 is 0 Å². The lowest BCUT2D eigenvalue weighted by Crippen LogP contribution is -2.03. The molecule has 0 bridgehead atoms. The van der Waals surface area contributed by atoms with Crippen LogP contribution in [0.25, 0.3) is 0 Å². The number of fused-ring (bicyclic) bond motifs is 1. The van der Waals surface area contributed by atoms with E-state index in [1.54, 1.807) is 12.1 Å². The maximum Gasteiger partial charge on any atom is 0.231 e. The van der Waals surface area contributed by atoms with E-state index in [-0.39, 0.29) is 19.0 Å². The van der Waals surface area contributed by atoms with Crippen LogP contribution in [0.3, 0.4) is 0 Å². The number of aliphatic hydroxyl groups is 1. The minimum Gasteiger partial charge on any atom is -0.454 e. The van der Waals surface area contributed by atoms with Crippen LogP contribution in [-0.2, 0) is 6.42 Å². The van der Waals surface area contributed by atoms with E-state index in [1.807, 2.05) is 0 Å². The molecule has 3 rings (SSSR count). The highest BCUT2D eigenvalue weighted by atomic mass is 79.9. The second-order valence-corrected chi connectivity index (χ2v) is 5.95. The number of hydrogen-bond donors (Lipinski definition) is 1. The standard InChI is InChI=1S/C15H11BrClFO3/c16-11-4-9(6-14-15(11)21-7-20-14)13(19)5-8-3-10(18)1-2-12(8)17/h1-4,6,13,19H,5,7H2. The Bertz CT molecular complexity index is 693. The van der Waals surface area contributed by atoms with Crippen LogP contribution in [0.5, 0.6) is 11.5 Å². The van der Waals surface area contributed by atoms with Gasteiger partial charge in [0.1, 0.15) is 5.82 Å². The van der Waals surface area contributed by atoms with Gasteiger partial charge in [-0.2, -0.15) is 0 Å². The maximum absolute atomic E-state index is 13.3. The maximum atomic E-state index is 13.3. The van der Waals surface area contributed by atoms with E-state index in [2.05, 4.69) is 15.9 Å². The van der Waals surface area contributed by atoms with Crippen molar-refractivity contribution in [3.8, 4) is 11.5 Å². The highest BCUT2D eigenvalue weighted by Gasteiger charge is 2.21. The molecule has 21 heavy (non-hydrogen) atoms. The molecule has 3 nitrogen and oxygen atoms in total. The summed E-state index contributed by atoms with van der Waals surface area (Å²) >= 11 is 9.40. The van der Waals surface area contributed by atoms with E-state index in [0.717, 1.165) is 0 Å². The smallest absolute Gasteiger partial charge is 0.231 e. The van der Waals surface area contributed by atoms with Gasteiger partial charge >= 0.3 is 0 Å². The van der Waals surface area contributed by atoms with Gasteiger partial charge in [0, 0.05) is 11.4 Å². The molecular weight excluding hydrogens is 363 g/mol. The minimum atomic E-state index is -0.824. The molecule has 2 aromatic carbocycles. The van der Waals surface area contributed by atoms with Gasteiger partial charge in [-0.05, 0) is 57.4 Å². The van der Waals surface area contributed by atoms with Crippen molar-refractivity contribution < 1.29 is 19.0 Å². The molecule has 2 aromatic rings. The molecule has 0 aliphatic carbocycles. The summed E-state index contributed by atoms with van der Waals surface area (Å²) in [5, 5.41) is 10.8. The largest absolute Gasteiger partial charge is 0.454 e. The molecule has 6 heteroatoms. The van der Waals surface area contributed by atoms with Crippen molar-refractivity contribution in [1.82, 2.24) is 0 Å². The quantitative estimate of drug-likeness (QED) is 0.874. The Morgan fingerprint density at radius 1 is 1.29 bits per heavy atom. The van der Waals surface area contributed by atoms with Gasteiger partial charge in [0.05, 0.1) is 10.6 Å². The Labute approximate surface area is 134 Å². The summed E-state index contributed by atoms with van der Waals surface area (Å²) < 4.78 is 24.6. The van der Waals surface area contributed by atoms with Gasteiger partial charge in [-0.1, -0.05) is 11.6 Å². The molecule has 1 aliphatic rings. The van der Waals surface area contributed by atoms with E-state index in [9.17, 15) is 9.50 Å². The van der Waals surface area contributed by atoms with Gasteiger partial charge in [0.2, 0.25) is 6.79 Å². The average Bonchev–Trinajstić information content (AvgIpc) is 2.91. The Kier molecular flexibility index (Phi) is 4.06. The molecule has 1 N–H and O–H groups in total. The van der Waals surface area contributed by atoms with Crippen molar-refractivity contribution in [3.05, 3.63) is 56.8 Å². The molecule has 1 unspecified atom stereocenters. The van der Waals surface area contributed by atoms with E-state index in [0.29, 0.717) is 32.1 Å². The lowest BCUT2D eigenvalue weighted by Gasteiger charge is -2.14. The van der Waals surface area contributed by atoms with Crippen molar-refractivity contribution in [2.75, 3.05) is 6.79 Å². The monoisotopic (exact) mass is 372 g/mol. The van der Waals surface area contributed by atoms with Crippen LogP contribution in [0.15, 0.2) is 34.8 Å². The van der Waals surface area contributed by atoms with Crippen LogP contribution in [0.4, 0.5) is 4.39 Å². The van der Waals surface area contributed by atoms with Crippen LogP contribution in [0.1, 0.15) is 17.2 Å². The third-order valence-corrected chi connectivity index (χ3v) is 4.21. The zero-order chi connectivity index (χ0) is 15.0. The molecule has 0 radical (unpaired) electrons. The van der Waals surface area contributed by atoms with Gasteiger partial charge in [-0.25, -0.2) is 4.39 Å². The lowest BCUT2D eigenvalue weighted by molar-refractivity contribution is 0.171. The van der Waals surface area contributed by atoms with Crippen molar-refractivity contribution in [1.29, 1.82) is 0 Å². The normalized spacial score (nSPS) is 14.3. The number of ether oxygens (including phenoxy) is 2. The zero-order valence-electron chi connectivity index (χ0n) is 10.8. The van der Waals surface area contributed by atoms with Crippen LogP contribution < -0.4 is 9.47 Å². The minimum absolute atomic E-state index is 0.156. The summed E-state index contributed by atoms with van der Waals surface area (Å²) in [6.45, 7) is 0.156. The summed E-state index contributed by atoms with van der Waals surface area (Å²) in [6, 6.07) is 7.56. The molecule has 0 saturated carbocycles. The van der Waals surface area contributed by atoms with Gasteiger partial charge in [0.15, 0.2) is 11.5 Å². The Morgan fingerprint density at radius 2 is 2.10 bits per heavy atom. The van der Waals surface area contributed by atoms with Crippen molar-refractivity contribution in [2.45, 2.75) is 12.5 Å². The third-order valence-electron chi connectivity index (χ3n) is 3.26. The summed E-state index contributed by atoms with van der Waals surface area (Å²) in [6.07, 6.45) is -0.613. The molecule has 110 valence electrons. The Hall–Kier alpha value is -1.30. The number of rotatable bonds is 3. The van der Waals surface area contributed by atoms with Crippen LogP contribution in [-0.4, -0.2) is 11.9 Å². The summed E-state index contributed by atoms with van der Waals surface area (Å²) in [5.74, 6) is 0.812. The predicted molar refractivity (Wildman–Crippen MR) is 80.3 cm³/mol.